The largest absolute Gasteiger partial charge is 0.467 e. The number of methoxy groups -OCH3 is 1. The second-order valence-electron chi connectivity index (χ2n) is 4.03. The van der Waals surface area contributed by atoms with Gasteiger partial charge in [-0.2, -0.15) is 5.10 Å². The van der Waals surface area contributed by atoms with E-state index in [-0.39, 0.29) is 6.54 Å². The second kappa shape index (κ2) is 7.06. The van der Waals surface area contributed by atoms with E-state index in [1.54, 1.807) is 14.0 Å². The lowest BCUT2D eigenvalue weighted by molar-refractivity contribution is -0.150. The average molecular weight is 302 g/mol. The van der Waals surface area contributed by atoms with Gasteiger partial charge in [0.15, 0.2) is 6.10 Å². The van der Waals surface area contributed by atoms with Crippen LogP contribution in [0.15, 0.2) is 6.08 Å². The first-order valence-electron chi connectivity index (χ1n) is 5.77. The van der Waals surface area contributed by atoms with Crippen LogP contribution in [0, 0.1) is 6.92 Å². The van der Waals surface area contributed by atoms with Gasteiger partial charge in [-0.25, -0.2) is 4.79 Å². The van der Waals surface area contributed by atoms with E-state index >= 15 is 0 Å². The normalized spacial score (nSPS) is 12.4. The van der Waals surface area contributed by atoms with Crippen LogP contribution in [-0.2, 0) is 21.4 Å². The first-order chi connectivity index (χ1) is 9.36. The number of aromatic nitrogens is 2. The molecule has 20 heavy (non-hydrogen) atoms. The Hall–Kier alpha value is -1.86. The maximum atomic E-state index is 11.5. The van der Waals surface area contributed by atoms with Gasteiger partial charge in [-0.3, -0.25) is 9.48 Å². The minimum absolute atomic E-state index is 0.227. The van der Waals surface area contributed by atoms with Crippen LogP contribution in [0.25, 0.3) is 6.08 Å². The van der Waals surface area contributed by atoms with E-state index in [0.29, 0.717) is 16.4 Å². The highest BCUT2D eigenvalue weighted by Crippen LogP contribution is 2.19. The molecule has 0 aliphatic heterocycles. The zero-order valence-corrected chi connectivity index (χ0v) is 12.1. The van der Waals surface area contributed by atoms with Crippen LogP contribution in [0.1, 0.15) is 11.3 Å². The number of esters is 1. The van der Waals surface area contributed by atoms with Crippen molar-refractivity contribution in [2.45, 2.75) is 13.0 Å². The number of ether oxygens (including phenoxy) is 1. The lowest BCUT2D eigenvalue weighted by atomic mass is 10.2. The van der Waals surface area contributed by atoms with Gasteiger partial charge in [0.25, 0.3) is 0 Å². The molecule has 7 nitrogen and oxygen atoms in total. The molecule has 8 heteroatoms. The molecule has 1 aromatic rings. The molecule has 0 fully saturated rings. The smallest absolute Gasteiger partial charge is 0.336 e. The predicted octanol–water partition coefficient (Wildman–Crippen LogP) is 0.0452. The highest BCUT2D eigenvalue weighted by molar-refractivity contribution is 6.31. The molecular weight excluding hydrogens is 286 g/mol. The lowest BCUT2D eigenvalue weighted by Gasteiger charge is -2.07. The summed E-state index contributed by atoms with van der Waals surface area (Å²) in [5, 5.41) is 16.2. The molecule has 1 atom stereocenters. The standard InChI is InChI=1S/C12H16ClN3O4/c1-7-8(11(13)16(2)15-7)4-5-10(18)14-6-9(17)12(19)20-3/h4-5,9,17H,6H2,1-3H3,(H,14,18)/b5-4+. The SMILES string of the molecule is COC(=O)C(O)CNC(=O)/C=C/c1c(C)nn(C)c1Cl. The van der Waals surface area contributed by atoms with Crippen LogP contribution in [0.4, 0.5) is 0 Å². The van der Waals surface area contributed by atoms with Crippen molar-refractivity contribution < 1.29 is 19.4 Å². The fourth-order valence-corrected chi connectivity index (χ4v) is 1.71. The molecule has 1 heterocycles. The van der Waals surface area contributed by atoms with Crippen LogP contribution in [0.5, 0.6) is 0 Å². The molecule has 1 amide bonds. The fourth-order valence-electron chi connectivity index (χ4n) is 1.47. The number of rotatable bonds is 5. The van der Waals surface area contributed by atoms with Gasteiger partial charge < -0.3 is 15.2 Å². The number of hydrogen-bond donors (Lipinski definition) is 2. The molecule has 0 bridgehead atoms. The van der Waals surface area contributed by atoms with Gasteiger partial charge in [0.2, 0.25) is 5.91 Å². The van der Waals surface area contributed by atoms with Crippen molar-refractivity contribution >= 4 is 29.6 Å². The summed E-state index contributed by atoms with van der Waals surface area (Å²) in [6.45, 7) is 1.54. The van der Waals surface area contributed by atoms with Gasteiger partial charge in [-0.05, 0) is 13.0 Å². The summed E-state index contributed by atoms with van der Waals surface area (Å²) >= 11 is 6.00. The fraction of sp³-hybridized carbons (Fsp3) is 0.417. The van der Waals surface area contributed by atoms with Crippen molar-refractivity contribution in [3.8, 4) is 0 Å². The van der Waals surface area contributed by atoms with Crippen molar-refractivity contribution in [2.24, 2.45) is 7.05 Å². The summed E-state index contributed by atoms with van der Waals surface area (Å²) in [5.74, 6) is -1.27. The molecule has 0 saturated heterocycles. The number of aryl methyl sites for hydroxylation is 2. The molecule has 0 radical (unpaired) electrons. The van der Waals surface area contributed by atoms with Crippen molar-refractivity contribution in [2.75, 3.05) is 13.7 Å². The Balaban J connectivity index is 2.58. The summed E-state index contributed by atoms with van der Waals surface area (Å²) in [4.78, 5) is 22.5. The second-order valence-corrected chi connectivity index (χ2v) is 4.39. The molecule has 1 rings (SSSR count). The van der Waals surface area contributed by atoms with Gasteiger partial charge in [0.05, 0.1) is 19.3 Å². The summed E-state index contributed by atoms with van der Waals surface area (Å²) in [5.41, 5.74) is 1.33. The highest BCUT2D eigenvalue weighted by atomic mass is 35.5. The van der Waals surface area contributed by atoms with Gasteiger partial charge in [0.1, 0.15) is 5.15 Å². The van der Waals surface area contributed by atoms with E-state index in [4.69, 9.17) is 11.6 Å². The number of carbonyl (C=O) groups excluding carboxylic acids is 2. The Bertz CT molecular complexity index is 539. The first kappa shape index (κ1) is 16.2. The molecular formula is C12H16ClN3O4. The number of carbonyl (C=O) groups is 2. The lowest BCUT2D eigenvalue weighted by Crippen LogP contribution is -2.36. The topological polar surface area (TPSA) is 93.4 Å². The van der Waals surface area contributed by atoms with E-state index in [1.807, 2.05) is 0 Å². The number of halogens is 1. The molecule has 110 valence electrons. The van der Waals surface area contributed by atoms with Crippen LogP contribution in [0.2, 0.25) is 5.15 Å². The Morgan fingerprint density at radius 2 is 2.25 bits per heavy atom. The Morgan fingerprint density at radius 1 is 1.60 bits per heavy atom. The number of nitrogens with zero attached hydrogens (tertiary/aromatic N) is 2. The molecule has 0 aromatic carbocycles. The predicted molar refractivity (Wildman–Crippen MR) is 73.0 cm³/mol. The zero-order valence-electron chi connectivity index (χ0n) is 11.4. The van der Waals surface area contributed by atoms with E-state index in [2.05, 4.69) is 15.2 Å². The molecule has 2 N–H and O–H groups in total. The Labute approximate surface area is 121 Å². The highest BCUT2D eigenvalue weighted by Gasteiger charge is 2.15. The van der Waals surface area contributed by atoms with E-state index in [0.717, 1.165) is 7.11 Å². The first-order valence-corrected chi connectivity index (χ1v) is 6.15. The minimum Gasteiger partial charge on any atom is -0.467 e. The molecule has 1 aromatic heterocycles. The maximum Gasteiger partial charge on any atom is 0.336 e. The third-order valence-corrected chi connectivity index (χ3v) is 2.99. The van der Waals surface area contributed by atoms with Crippen molar-refractivity contribution in [1.82, 2.24) is 15.1 Å². The van der Waals surface area contributed by atoms with Crippen LogP contribution < -0.4 is 5.32 Å². The summed E-state index contributed by atoms with van der Waals surface area (Å²) < 4.78 is 5.82. The number of amides is 1. The number of nitrogens with one attached hydrogen (secondary N) is 1. The Kier molecular flexibility index (Phi) is 5.72. The third-order valence-electron chi connectivity index (χ3n) is 2.54. The van der Waals surface area contributed by atoms with Crippen LogP contribution in [0.3, 0.4) is 0 Å². The molecule has 0 saturated carbocycles. The van der Waals surface area contributed by atoms with Crippen molar-refractivity contribution in [3.63, 3.8) is 0 Å². The van der Waals surface area contributed by atoms with Gasteiger partial charge in [-0.15, -0.1) is 0 Å². The quantitative estimate of drug-likeness (QED) is 0.592. The van der Waals surface area contributed by atoms with Gasteiger partial charge in [0, 0.05) is 18.7 Å². The van der Waals surface area contributed by atoms with Crippen molar-refractivity contribution in [3.05, 3.63) is 22.5 Å². The van der Waals surface area contributed by atoms with E-state index < -0.39 is 18.0 Å². The van der Waals surface area contributed by atoms with Crippen LogP contribution in [-0.4, -0.2) is 46.5 Å². The van der Waals surface area contributed by atoms with E-state index in [9.17, 15) is 14.7 Å². The van der Waals surface area contributed by atoms with E-state index in [1.165, 1.54) is 16.8 Å². The molecule has 0 aliphatic carbocycles. The van der Waals surface area contributed by atoms with Crippen LogP contribution >= 0.6 is 11.6 Å². The Morgan fingerprint density at radius 3 is 2.75 bits per heavy atom. The average Bonchev–Trinajstić information content (AvgIpc) is 2.66. The molecule has 1 unspecified atom stereocenters. The summed E-state index contributed by atoms with van der Waals surface area (Å²) in [7, 11) is 2.85. The van der Waals surface area contributed by atoms with Crippen molar-refractivity contribution in [1.29, 1.82) is 0 Å². The number of aliphatic hydroxyl groups is 1. The minimum atomic E-state index is -1.39. The third kappa shape index (κ3) is 4.07. The summed E-state index contributed by atoms with van der Waals surface area (Å²) in [6.07, 6.45) is 1.38. The maximum absolute atomic E-state index is 11.5. The number of aliphatic hydroxyl groups excluding tert-OH is 1. The molecule has 0 aliphatic rings. The van der Waals surface area contributed by atoms with Gasteiger partial charge >= 0.3 is 5.97 Å². The summed E-state index contributed by atoms with van der Waals surface area (Å²) in [6, 6.07) is 0. The number of hydrogen-bond acceptors (Lipinski definition) is 5. The molecule has 0 spiro atoms. The van der Waals surface area contributed by atoms with Gasteiger partial charge in [-0.1, -0.05) is 11.6 Å². The zero-order chi connectivity index (χ0) is 15.3. The monoisotopic (exact) mass is 301 g/mol.